The Labute approximate surface area is 105 Å². The van der Waals surface area contributed by atoms with Crippen LogP contribution in [0.1, 0.15) is 18.4 Å². The van der Waals surface area contributed by atoms with Crippen molar-refractivity contribution in [3.63, 3.8) is 0 Å². The Kier molecular flexibility index (Phi) is 2.54. The Morgan fingerprint density at radius 3 is 2.50 bits per heavy atom. The Morgan fingerprint density at radius 1 is 1.22 bits per heavy atom. The van der Waals surface area contributed by atoms with Crippen LogP contribution in [0.25, 0.3) is 0 Å². The van der Waals surface area contributed by atoms with E-state index in [0.29, 0.717) is 25.9 Å². The van der Waals surface area contributed by atoms with Crippen LogP contribution < -0.4 is 4.90 Å². The highest BCUT2D eigenvalue weighted by Crippen LogP contribution is 2.27. The zero-order valence-electron chi connectivity index (χ0n) is 10.3. The van der Waals surface area contributed by atoms with E-state index in [1.165, 1.54) is 4.90 Å². The molecule has 0 N–H and O–H groups in total. The van der Waals surface area contributed by atoms with Crippen LogP contribution in [0.5, 0.6) is 0 Å². The van der Waals surface area contributed by atoms with E-state index in [-0.39, 0.29) is 17.9 Å². The third-order valence-electron chi connectivity index (χ3n) is 3.60. The zero-order chi connectivity index (χ0) is 12.7. The number of imide groups is 1. The van der Waals surface area contributed by atoms with Gasteiger partial charge >= 0.3 is 0 Å². The number of likely N-dealkylation sites (tertiary alicyclic amines) is 1. The van der Waals surface area contributed by atoms with Crippen LogP contribution in [-0.2, 0) is 9.59 Å². The van der Waals surface area contributed by atoms with Gasteiger partial charge in [-0.1, -0.05) is 6.07 Å². The molecule has 3 heterocycles. The molecule has 2 aliphatic heterocycles. The predicted molar refractivity (Wildman–Crippen MR) is 66.1 cm³/mol. The first-order valence-corrected chi connectivity index (χ1v) is 6.18. The maximum Gasteiger partial charge on any atom is 0.230 e. The van der Waals surface area contributed by atoms with Gasteiger partial charge in [0.15, 0.2) is 0 Å². The number of anilines is 1. The predicted octanol–water partition coefficient (Wildman–Crippen LogP) is 0.728. The van der Waals surface area contributed by atoms with Gasteiger partial charge in [-0.25, -0.2) is 4.98 Å². The van der Waals surface area contributed by atoms with Crippen molar-refractivity contribution in [2.45, 2.75) is 25.8 Å². The molecule has 1 aromatic rings. The van der Waals surface area contributed by atoms with Gasteiger partial charge in [-0.05, 0) is 18.6 Å². The Hall–Kier alpha value is -1.91. The molecule has 5 nitrogen and oxygen atoms in total. The first-order chi connectivity index (χ1) is 8.66. The second kappa shape index (κ2) is 4.08. The van der Waals surface area contributed by atoms with Crippen LogP contribution in [0.15, 0.2) is 18.3 Å². The van der Waals surface area contributed by atoms with Crippen LogP contribution in [0, 0.1) is 6.92 Å². The third-order valence-corrected chi connectivity index (χ3v) is 3.60. The first-order valence-electron chi connectivity index (χ1n) is 6.18. The van der Waals surface area contributed by atoms with Crippen molar-refractivity contribution in [2.24, 2.45) is 0 Å². The lowest BCUT2D eigenvalue weighted by Crippen LogP contribution is -2.61. The molecule has 0 bridgehead atoms. The van der Waals surface area contributed by atoms with Gasteiger partial charge < -0.3 is 4.90 Å². The van der Waals surface area contributed by atoms with Gasteiger partial charge in [0, 0.05) is 32.1 Å². The average molecular weight is 245 g/mol. The summed E-state index contributed by atoms with van der Waals surface area (Å²) in [5.41, 5.74) is 1.12. The number of rotatable bonds is 2. The third kappa shape index (κ3) is 1.66. The lowest BCUT2D eigenvalue weighted by molar-refractivity contribution is -0.141. The summed E-state index contributed by atoms with van der Waals surface area (Å²) in [5, 5.41) is 0. The van der Waals surface area contributed by atoms with Gasteiger partial charge in [0.2, 0.25) is 11.8 Å². The van der Waals surface area contributed by atoms with Crippen molar-refractivity contribution in [1.82, 2.24) is 9.88 Å². The highest BCUT2D eigenvalue weighted by atomic mass is 16.2. The molecular weight excluding hydrogens is 230 g/mol. The summed E-state index contributed by atoms with van der Waals surface area (Å²) in [6, 6.07) is 3.96. The minimum absolute atomic E-state index is 0.0256. The largest absolute Gasteiger partial charge is 0.352 e. The van der Waals surface area contributed by atoms with Crippen LogP contribution in [0.2, 0.25) is 0 Å². The summed E-state index contributed by atoms with van der Waals surface area (Å²) in [5.74, 6) is 0.901. The molecule has 0 radical (unpaired) electrons. The van der Waals surface area contributed by atoms with Crippen molar-refractivity contribution in [1.29, 1.82) is 0 Å². The molecule has 0 aliphatic carbocycles. The summed E-state index contributed by atoms with van der Waals surface area (Å²) in [6.45, 7) is 3.42. The summed E-state index contributed by atoms with van der Waals surface area (Å²) in [4.78, 5) is 31.1. The maximum atomic E-state index is 11.6. The fourth-order valence-electron chi connectivity index (χ4n) is 2.60. The van der Waals surface area contributed by atoms with E-state index in [2.05, 4.69) is 9.88 Å². The number of amides is 2. The van der Waals surface area contributed by atoms with Crippen molar-refractivity contribution in [3.05, 3.63) is 23.9 Å². The van der Waals surface area contributed by atoms with E-state index in [9.17, 15) is 9.59 Å². The quantitative estimate of drug-likeness (QED) is 0.721. The number of hydrogen-bond acceptors (Lipinski definition) is 4. The van der Waals surface area contributed by atoms with Gasteiger partial charge in [0.05, 0.1) is 6.04 Å². The van der Waals surface area contributed by atoms with Crippen LogP contribution in [-0.4, -0.2) is 40.8 Å². The lowest BCUT2D eigenvalue weighted by Gasteiger charge is -2.44. The minimum Gasteiger partial charge on any atom is -0.352 e. The number of aryl methyl sites for hydroxylation is 1. The van der Waals surface area contributed by atoms with E-state index in [0.717, 1.165) is 11.4 Å². The highest BCUT2D eigenvalue weighted by Gasteiger charge is 2.41. The van der Waals surface area contributed by atoms with Gasteiger partial charge in [0.1, 0.15) is 5.82 Å². The molecule has 18 heavy (non-hydrogen) atoms. The molecule has 2 fully saturated rings. The minimum atomic E-state index is -0.0256. The first kappa shape index (κ1) is 11.2. The Morgan fingerprint density at radius 2 is 1.89 bits per heavy atom. The SMILES string of the molecule is Cc1cccnc1N1CC(N2C(=O)CCC2=O)C1. The van der Waals surface area contributed by atoms with E-state index >= 15 is 0 Å². The molecule has 0 unspecified atom stereocenters. The number of hydrogen-bond donors (Lipinski definition) is 0. The van der Waals surface area contributed by atoms with E-state index in [1.54, 1.807) is 6.20 Å². The standard InChI is InChI=1S/C13H15N3O2/c1-9-3-2-6-14-13(9)15-7-10(8-15)16-11(17)4-5-12(16)18/h2-3,6,10H,4-5,7-8H2,1H3. The molecule has 94 valence electrons. The smallest absolute Gasteiger partial charge is 0.230 e. The monoisotopic (exact) mass is 245 g/mol. The average Bonchev–Trinajstić information content (AvgIpc) is 2.61. The molecule has 1 aromatic heterocycles. The Balaban J connectivity index is 1.69. The van der Waals surface area contributed by atoms with Crippen LogP contribution >= 0.6 is 0 Å². The number of carbonyl (C=O) groups excluding carboxylic acids is 2. The number of aromatic nitrogens is 1. The van der Waals surface area contributed by atoms with Crippen LogP contribution in [0.4, 0.5) is 5.82 Å². The fourth-order valence-corrected chi connectivity index (χ4v) is 2.60. The molecule has 3 rings (SSSR count). The molecule has 2 saturated heterocycles. The lowest BCUT2D eigenvalue weighted by atomic mass is 10.1. The van der Waals surface area contributed by atoms with E-state index < -0.39 is 0 Å². The van der Waals surface area contributed by atoms with Gasteiger partial charge in [0.25, 0.3) is 0 Å². The second-order valence-electron chi connectivity index (χ2n) is 4.86. The number of nitrogens with zero attached hydrogens (tertiary/aromatic N) is 3. The Bertz CT molecular complexity index is 493. The normalized spacial score (nSPS) is 20.5. The topological polar surface area (TPSA) is 53.5 Å². The zero-order valence-corrected chi connectivity index (χ0v) is 10.3. The van der Waals surface area contributed by atoms with Gasteiger partial charge in [-0.15, -0.1) is 0 Å². The van der Waals surface area contributed by atoms with Gasteiger partial charge in [-0.3, -0.25) is 14.5 Å². The van der Waals surface area contributed by atoms with E-state index in [4.69, 9.17) is 0 Å². The summed E-state index contributed by atoms with van der Waals surface area (Å²) in [7, 11) is 0. The van der Waals surface area contributed by atoms with Crippen LogP contribution in [0.3, 0.4) is 0 Å². The summed E-state index contributed by atoms with van der Waals surface area (Å²) >= 11 is 0. The van der Waals surface area contributed by atoms with Crippen molar-refractivity contribution >= 4 is 17.6 Å². The molecule has 0 spiro atoms. The molecule has 0 saturated carbocycles. The van der Waals surface area contributed by atoms with Crippen molar-refractivity contribution < 1.29 is 9.59 Å². The molecule has 0 atom stereocenters. The molecular formula is C13H15N3O2. The van der Waals surface area contributed by atoms with Crippen molar-refractivity contribution in [2.75, 3.05) is 18.0 Å². The maximum absolute atomic E-state index is 11.6. The summed E-state index contributed by atoms with van der Waals surface area (Å²) in [6.07, 6.45) is 2.51. The highest BCUT2D eigenvalue weighted by molar-refractivity contribution is 6.02. The molecule has 2 amide bonds. The van der Waals surface area contributed by atoms with Crippen molar-refractivity contribution in [3.8, 4) is 0 Å². The number of carbonyl (C=O) groups is 2. The molecule has 5 heteroatoms. The summed E-state index contributed by atoms with van der Waals surface area (Å²) < 4.78 is 0. The number of pyridine rings is 1. The molecule has 0 aromatic carbocycles. The van der Waals surface area contributed by atoms with Gasteiger partial charge in [-0.2, -0.15) is 0 Å². The second-order valence-corrected chi connectivity index (χ2v) is 4.86. The molecule has 2 aliphatic rings. The van der Waals surface area contributed by atoms with E-state index in [1.807, 2.05) is 19.1 Å². The fraction of sp³-hybridized carbons (Fsp3) is 0.462.